The third-order valence-electron chi connectivity index (χ3n) is 15.4. The molecule has 94 heavy (non-hydrogen) atoms. The number of nitrogens with one attached hydrogen (secondary N) is 12. The molecule has 12 heterocycles. The van der Waals surface area contributed by atoms with Gasteiger partial charge in [0.1, 0.15) is 149 Å². The molecule has 0 bridgehead atoms. The van der Waals surface area contributed by atoms with E-state index in [0.29, 0.717) is 0 Å². The van der Waals surface area contributed by atoms with Crippen LogP contribution in [-0.4, -0.2) is 83.8 Å². The minimum Gasteiger partial charge on any atom is -0.247 e. The van der Waals surface area contributed by atoms with Crippen LogP contribution in [0.4, 0.5) is 0 Å². The maximum atomic E-state index is 3.35. The number of H-pyrrole nitrogens is 12. The molecular weight excluding hydrogens is 1220 g/mol. The van der Waals surface area contributed by atoms with Crippen molar-refractivity contribution in [3.8, 4) is 0 Å². The highest BCUT2D eigenvalue weighted by Gasteiger charge is 2.22. The first-order valence-electron chi connectivity index (χ1n) is 30.3. The summed E-state index contributed by atoms with van der Waals surface area (Å²) in [6, 6.07) is 0. The zero-order valence-corrected chi connectivity index (χ0v) is 55.6. The molecule has 0 spiro atoms. The smallest absolute Gasteiger partial charge is 0.247 e. The first-order chi connectivity index (χ1) is 42.9. The van der Waals surface area contributed by atoms with Crippen LogP contribution in [0.15, 0.2) is 149 Å². The van der Waals surface area contributed by atoms with E-state index in [1.807, 2.05) is 177 Å². The summed E-state index contributed by atoms with van der Waals surface area (Å²) in [6.45, 7) is 14.8. The normalized spacial score (nSPS) is 10.1. The molecule has 0 fully saturated rings. The van der Waals surface area contributed by atoms with Crippen molar-refractivity contribution in [3.05, 3.63) is 219 Å². The average Bonchev–Trinajstić information content (AvgIpc) is 1.82. The second-order valence-corrected chi connectivity index (χ2v) is 23.1. The van der Waals surface area contributed by atoms with Crippen molar-refractivity contribution in [1.82, 2.24) is 59.8 Å². The molecule has 0 unspecified atom stereocenters. The molecule has 0 amide bonds. The molecule has 0 aromatic carbocycles. The Labute approximate surface area is 570 Å². The first kappa shape index (κ1) is 83.2. The molecule has 0 aliphatic heterocycles. The quantitative estimate of drug-likeness (QED) is 0.0425. The van der Waals surface area contributed by atoms with Gasteiger partial charge < -0.3 is 0 Å². The van der Waals surface area contributed by atoms with E-state index >= 15 is 0 Å². The Morgan fingerprint density at radius 3 is 0.543 bits per heavy atom. The van der Waals surface area contributed by atoms with Crippen molar-refractivity contribution < 1.29 is 54.8 Å². The Kier molecular flexibility index (Phi) is 38.9. The number of hydrogen-bond donors (Lipinski definition) is 12. The number of aryl methyl sites for hydroxylation is 12. The summed E-state index contributed by atoms with van der Waals surface area (Å²) in [6.07, 6.45) is 58.0. The van der Waals surface area contributed by atoms with Gasteiger partial charge in [-0.25, -0.2) is 115 Å². The zero-order valence-electron chi connectivity index (χ0n) is 53.9. The topological polar surface area (TPSA) is 236 Å². The van der Waals surface area contributed by atoms with Gasteiger partial charge in [-0.1, -0.05) is 44.6 Å². The fourth-order valence-electron chi connectivity index (χ4n) is 9.91. The summed E-state index contributed by atoms with van der Waals surface area (Å²) in [5.41, 5.74) is 0. The van der Waals surface area contributed by atoms with E-state index in [4.69, 9.17) is 0 Å². The van der Waals surface area contributed by atoms with Gasteiger partial charge in [0.25, 0.3) is 69.9 Å². The number of nitrogens with zero attached hydrogens (tertiary/aromatic N) is 12. The minimum absolute atomic E-state index is 0. The van der Waals surface area contributed by atoms with E-state index in [-0.39, 0.29) is 44.6 Å². The lowest BCUT2D eigenvalue weighted by molar-refractivity contribution is -0.711. The lowest BCUT2D eigenvalue weighted by atomic mass is 10.3. The molecule has 0 aliphatic carbocycles. The van der Waals surface area contributed by atoms with Crippen LogP contribution in [0.25, 0.3) is 0 Å². The van der Waals surface area contributed by atoms with Gasteiger partial charge in [0.2, 0.25) is 0 Å². The van der Waals surface area contributed by atoms with Gasteiger partial charge in [-0.2, -0.15) is 23.5 Å². The van der Waals surface area contributed by atoms with E-state index in [1.54, 1.807) is 0 Å². The predicted octanol–water partition coefficient (Wildman–Crippen LogP) is 4.90. The summed E-state index contributed by atoms with van der Waals surface area (Å²) >= 11 is 3.76. The Balaban J connectivity index is 0.000000559. The Bertz CT molecular complexity index is 3310. The summed E-state index contributed by atoms with van der Waals surface area (Å²) in [5, 5.41) is 0. The SMILES string of the molecule is C.C.C.C.C.C.CC[n+]1cc[nH]c1Cc1[nH]cc[n+]1CC.CC[n+]1cc[nH]c1Cc1[nH]cc[n+]1CC.CSCC[n+]1cc[nH]c1Cc1[nH]cc[n+]1CCSC.C[n+]1cc[nH]c1Cc1[nH]cc[n+]1C.C[n+]1cc[nH]c1Cc1[nH]cc[n+]1C.C[n+]1cc[nH]c1Cc1[nH]cc[n+]1C. The molecule has 0 aliphatic rings. The van der Waals surface area contributed by atoms with Crippen molar-refractivity contribution >= 4 is 23.5 Å². The van der Waals surface area contributed by atoms with Crippen LogP contribution in [0, 0.1) is 0 Å². The number of aromatic nitrogens is 24. The summed E-state index contributed by atoms with van der Waals surface area (Å²) < 4.78 is 26.0. The molecule has 0 radical (unpaired) electrons. The lowest BCUT2D eigenvalue weighted by Crippen LogP contribution is -2.41. The molecule has 0 atom stereocenters. The van der Waals surface area contributed by atoms with Gasteiger partial charge in [0.05, 0.1) is 81.6 Å². The van der Waals surface area contributed by atoms with Crippen LogP contribution in [-0.2, 0) is 120 Å². The number of rotatable bonds is 22. The van der Waals surface area contributed by atoms with Crippen molar-refractivity contribution in [2.24, 2.45) is 42.3 Å². The maximum Gasteiger partial charge on any atom is 0.266 e. The van der Waals surface area contributed by atoms with Crippen LogP contribution in [0.2, 0.25) is 0 Å². The fourth-order valence-corrected chi connectivity index (χ4v) is 10.7. The minimum atomic E-state index is 0. The second-order valence-electron chi connectivity index (χ2n) is 21.1. The third kappa shape index (κ3) is 24.6. The summed E-state index contributed by atoms with van der Waals surface area (Å²) in [4.78, 5) is 39.0. The maximum absolute atomic E-state index is 3.35. The number of hydrogen-bond acceptors (Lipinski definition) is 2. The molecule has 12 aromatic heterocycles. The number of aromatic amines is 12. The van der Waals surface area contributed by atoms with Crippen molar-refractivity contribution in [1.29, 1.82) is 0 Å². The summed E-state index contributed by atoms with van der Waals surface area (Å²) in [5.74, 6) is 16.9. The van der Waals surface area contributed by atoms with Gasteiger partial charge in [-0.3, -0.25) is 0 Å². The number of thioether (sulfide) groups is 2. The van der Waals surface area contributed by atoms with E-state index in [1.165, 1.54) is 69.9 Å². The molecule has 26 heteroatoms. The van der Waals surface area contributed by atoms with Crippen LogP contribution in [0.3, 0.4) is 0 Å². The Morgan fingerprint density at radius 1 is 0.234 bits per heavy atom. The van der Waals surface area contributed by atoms with Crippen molar-refractivity contribution in [2.45, 2.75) is 150 Å². The zero-order chi connectivity index (χ0) is 62.6. The lowest BCUT2D eigenvalue weighted by Gasteiger charge is -2.00. The third-order valence-corrected chi connectivity index (χ3v) is 16.6. The van der Waals surface area contributed by atoms with Crippen molar-refractivity contribution in [3.63, 3.8) is 0 Å². The molecular formula is C68H124N24S2+12. The predicted molar refractivity (Wildman–Crippen MR) is 374 cm³/mol. The average molecular weight is 1340 g/mol. The molecule has 12 N–H and O–H groups in total. The standard InChI is InChI=1S/C13H20N4S2.2C11H16N4.3C9H12N4.6CH4/c1-18-9-7-16-5-3-14-12(16)11-13-15-4-6-17(13)8-10-19-2;2*1-3-14-7-5-12-10(14)9-11-13-6-8-15(11)4-2;3*1-12-5-3-10-8(12)7-9-11-4-6-13(9)2;;;;;;/h3-6H,7-11H2,1-2H3;2*5-8H,3-4,9H2,1-2H3;3*3-6H,7H2,1-2H3;6*1H4/p+12. The highest BCUT2D eigenvalue weighted by atomic mass is 32.2. The van der Waals surface area contributed by atoms with Crippen LogP contribution < -0.4 is 54.8 Å². The van der Waals surface area contributed by atoms with Crippen LogP contribution in [0.1, 0.15) is 142 Å². The highest BCUT2D eigenvalue weighted by Crippen LogP contribution is 2.02. The highest BCUT2D eigenvalue weighted by molar-refractivity contribution is 7.98. The monoisotopic (exact) mass is 1340 g/mol. The number of imidazole rings is 12. The Morgan fingerprint density at radius 2 is 0.383 bits per heavy atom. The van der Waals surface area contributed by atoms with E-state index in [2.05, 4.69) is 192 Å². The van der Waals surface area contributed by atoms with Crippen molar-refractivity contribution in [2.75, 3.05) is 24.0 Å². The first-order valence-corrected chi connectivity index (χ1v) is 33.1. The van der Waals surface area contributed by atoms with E-state index < -0.39 is 0 Å². The molecule has 12 rings (SSSR count). The van der Waals surface area contributed by atoms with E-state index in [9.17, 15) is 0 Å². The van der Waals surface area contributed by atoms with Gasteiger partial charge in [0, 0.05) is 11.5 Å². The van der Waals surface area contributed by atoms with Gasteiger partial charge >= 0.3 is 0 Å². The van der Waals surface area contributed by atoms with Crippen LogP contribution in [0.5, 0.6) is 0 Å². The van der Waals surface area contributed by atoms with E-state index in [0.717, 1.165) is 89.3 Å². The summed E-state index contributed by atoms with van der Waals surface area (Å²) in [7, 11) is 12.2. The second kappa shape index (κ2) is 43.9. The molecule has 0 saturated carbocycles. The van der Waals surface area contributed by atoms with Gasteiger partial charge in [-0.15, -0.1) is 0 Å². The van der Waals surface area contributed by atoms with Gasteiger partial charge in [0.15, 0.2) is 38.5 Å². The van der Waals surface area contributed by atoms with Gasteiger partial charge in [-0.05, 0) is 40.2 Å². The van der Waals surface area contributed by atoms with Crippen LogP contribution >= 0.6 is 23.5 Å². The fraction of sp³-hybridized carbons (Fsp3) is 0.471. The largest absolute Gasteiger partial charge is 0.266 e. The molecule has 516 valence electrons. The molecule has 24 nitrogen and oxygen atoms in total. The molecule has 12 aromatic rings. The molecule has 0 saturated heterocycles. The Hall–Kier alpha value is -8.78.